The van der Waals surface area contributed by atoms with Crippen LogP contribution in [-0.2, 0) is 4.79 Å². The number of nitrogens with one attached hydrogen (secondary N) is 1. The Morgan fingerprint density at radius 1 is 1.25 bits per heavy atom. The summed E-state index contributed by atoms with van der Waals surface area (Å²) in [5.41, 5.74) is -0.783. The van der Waals surface area contributed by atoms with Gasteiger partial charge in [0.2, 0.25) is 5.88 Å². The monoisotopic (exact) mass is 449 g/mol. The van der Waals surface area contributed by atoms with Gasteiger partial charge in [0.15, 0.2) is 5.56 Å². The summed E-state index contributed by atoms with van der Waals surface area (Å²) in [5.74, 6) is -2.51. The van der Waals surface area contributed by atoms with Gasteiger partial charge in [-0.05, 0) is 31.0 Å². The second kappa shape index (κ2) is 8.55. The molecule has 3 rings (SSSR count). The highest BCUT2D eigenvalue weighted by Gasteiger charge is 2.28. The number of halogens is 1. The largest absolute Gasteiger partial charge is 0.493 e. The first-order chi connectivity index (χ1) is 13.4. The topological polar surface area (TPSA) is 122 Å². The van der Waals surface area contributed by atoms with Crippen molar-refractivity contribution in [2.45, 2.75) is 38.0 Å². The van der Waals surface area contributed by atoms with E-state index in [0.29, 0.717) is 11.5 Å². The number of aromatic nitrogens is 2. The SMILES string of the molecule is O=C(O)CNC(=O)c1c(O)nc(C2CCCCC2)n(-c2cccc(Br)c2)c1=O. The third kappa shape index (κ3) is 4.24. The number of aliphatic carboxylic acids is 1. The first kappa shape index (κ1) is 20.1. The lowest BCUT2D eigenvalue weighted by molar-refractivity contribution is -0.135. The predicted molar refractivity (Wildman–Crippen MR) is 105 cm³/mol. The van der Waals surface area contributed by atoms with Crippen LogP contribution < -0.4 is 10.9 Å². The van der Waals surface area contributed by atoms with Crippen LogP contribution in [0.3, 0.4) is 0 Å². The lowest BCUT2D eigenvalue weighted by Gasteiger charge is -2.25. The van der Waals surface area contributed by atoms with Gasteiger partial charge in [-0.2, -0.15) is 4.98 Å². The molecule has 28 heavy (non-hydrogen) atoms. The molecule has 0 aliphatic heterocycles. The molecule has 1 aromatic heterocycles. The van der Waals surface area contributed by atoms with Crippen LogP contribution in [0.25, 0.3) is 5.69 Å². The molecule has 8 nitrogen and oxygen atoms in total. The fourth-order valence-electron chi connectivity index (χ4n) is 3.47. The van der Waals surface area contributed by atoms with Crippen LogP contribution in [0.5, 0.6) is 5.88 Å². The number of hydrogen-bond acceptors (Lipinski definition) is 5. The van der Waals surface area contributed by atoms with Crippen LogP contribution in [0.1, 0.15) is 54.2 Å². The van der Waals surface area contributed by atoms with Crippen molar-refractivity contribution in [3.63, 3.8) is 0 Å². The molecule has 1 amide bonds. The van der Waals surface area contributed by atoms with Crippen molar-refractivity contribution < 1.29 is 19.8 Å². The Hall–Kier alpha value is -2.68. The summed E-state index contributed by atoms with van der Waals surface area (Å²) in [6.45, 7) is -0.668. The van der Waals surface area contributed by atoms with Gasteiger partial charge in [0.1, 0.15) is 12.4 Å². The second-order valence-electron chi connectivity index (χ2n) is 6.70. The first-order valence-electron chi connectivity index (χ1n) is 9.00. The van der Waals surface area contributed by atoms with Crippen molar-refractivity contribution in [3.8, 4) is 11.6 Å². The molecule has 0 radical (unpaired) electrons. The van der Waals surface area contributed by atoms with E-state index in [0.717, 1.165) is 36.6 Å². The third-order valence-electron chi connectivity index (χ3n) is 4.75. The van der Waals surface area contributed by atoms with Crippen molar-refractivity contribution in [2.75, 3.05) is 6.54 Å². The van der Waals surface area contributed by atoms with Crippen molar-refractivity contribution in [1.29, 1.82) is 0 Å². The number of carbonyl (C=O) groups is 2. The Labute approximate surface area is 169 Å². The quantitative estimate of drug-likeness (QED) is 0.644. The van der Waals surface area contributed by atoms with Crippen LogP contribution in [0, 0.1) is 0 Å². The van der Waals surface area contributed by atoms with Crippen molar-refractivity contribution in [2.24, 2.45) is 0 Å². The number of benzene rings is 1. The standard InChI is InChI=1S/C19H20BrN3O5/c20-12-7-4-8-13(9-12)23-16(11-5-2-1-3-6-11)22-18(27)15(19(23)28)17(26)21-10-14(24)25/h4,7-9,11,27H,1-3,5-6,10H2,(H,21,26)(H,24,25). The second-order valence-corrected chi connectivity index (χ2v) is 7.62. The predicted octanol–water partition coefficient (Wildman–Crippen LogP) is 2.56. The first-order valence-corrected chi connectivity index (χ1v) is 9.79. The molecule has 1 aliphatic rings. The van der Waals surface area contributed by atoms with Gasteiger partial charge >= 0.3 is 5.97 Å². The third-order valence-corrected chi connectivity index (χ3v) is 5.25. The van der Waals surface area contributed by atoms with Crippen LogP contribution in [0.2, 0.25) is 0 Å². The molecular formula is C19H20BrN3O5. The average Bonchev–Trinajstić information content (AvgIpc) is 2.66. The number of hydrogen-bond donors (Lipinski definition) is 3. The number of rotatable bonds is 5. The van der Waals surface area contributed by atoms with Gasteiger partial charge in [0, 0.05) is 10.4 Å². The smallest absolute Gasteiger partial charge is 0.322 e. The zero-order valence-corrected chi connectivity index (χ0v) is 16.6. The summed E-state index contributed by atoms with van der Waals surface area (Å²) in [6, 6.07) is 7.01. The fraction of sp³-hybridized carbons (Fsp3) is 0.368. The van der Waals surface area contributed by atoms with Gasteiger partial charge in [-0.25, -0.2) is 0 Å². The molecule has 1 fully saturated rings. The minimum absolute atomic E-state index is 0.0116. The molecule has 148 valence electrons. The number of aromatic hydroxyl groups is 1. The summed E-state index contributed by atoms with van der Waals surface area (Å²) < 4.78 is 2.09. The van der Waals surface area contributed by atoms with E-state index < -0.39 is 35.4 Å². The molecule has 2 aromatic rings. The van der Waals surface area contributed by atoms with E-state index in [1.54, 1.807) is 18.2 Å². The van der Waals surface area contributed by atoms with Gasteiger partial charge in [-0.3, -0.25) is 19.0 Å². The molecule has 0 saturated heterocycles. The lowest BCUT2D eigenvalue weighted by atomic mass is 9.88. The van der Waals surface area contributed by atoms with E-state index in [2.05, 4.69) is 26.2 Å². The molecule has 0 atom stereocenters. The molecular weight excluding hydrogens is 430 g/mol. The summed E-state index contributed by atoms with van der Waals surface area (Å²) in [7, 11) is 0. The minimum atomic E-state index is -1.26. The summed E-state index contributed by atoms with van der Waals surface area (Å²) >= 11 is 3.38. The molecule has 0 unspecified atom stereocenters. The molecule has 1 heterocycles. The summed E-state index contributed by atoms with van der Waals surface area (Å²) in [5, 5.41) is 21.2. The molecule has 0 spiro atoms. The normalized spacial score (nSPS) is 14.6. The number of carboxylic acids is 1. The zero-order chi connectivity index (χ0) is 20.3. The molecule has 1 aromatic carbocycles. The van der Waals surface area contributed by atoms with Gasteiger partial charge in [0.05, 0.1) is 5.69 Å². The lowest BCUT2D eigenvalue weighted by Crippen LogP contribution is -2.37. The maximum Gasteiger partial charge on any atom is 0.322 e. The van der Waals surface area contributed by atoms with E-state index in [1.165, 1.54) is 4.57 Å². The highest BCUT2D eigenvalue weighted by molar-refractivity contribution is 9.10. The van der Waals surface area contributed by atoms with E-state index in [4.69, 9.17) is 5.11 Å². The Morgan fingerprint density at radius 3 is 2.61 bits per heavy atom. The molecule has 1 saturated carbocycles. The van der Waals surface area contributed by atoms with Crippen molar-refractivity contribution in [1.82, 2.24) is 14.9 Å². The molecule has 1 aliphatic carbocycles. The Bertz CT molecular complexity index is 967. The summed E-state index contributed by atoms with van der Waals surface area (Å²) in [6.07, 6.45) is 4.79. The molecule has 9 heteroatoms. The Morgan fingerprint density at radius 2 is 1.96 bits per heavy atom. The van der Waals surface area contributed by atoms with Crippen LogP contribution in [0.15, 0.2) is 33.5 Å². The fourth-order valence-corrected chi connectivity index (χ4v) is 3.86. The van der Waals surface area contributed by atoms with Crippen LogP contribution >= 0.6 is 15.9 Å². The highest BCUT2D eigenvalue weighted by Crippen LogP contribution is 2.33. The molecule has 0 bridgehead atoms. The van der Waals surface area contributed by atoms with Gasteiger partial charge < -0.3 is 15.5 Å². The van der Waals surface area contributed by atoms with E-state index >= 15 is 0 Å². The zero-order valence-electron chi connectivity index (χ0n) is 15.0. The Kier molecular flexibility index (Phi) is 6.13. The number of carbonyl (C=O) groups excluding carboxylic acids is 1. The van der Waals surface area contributed by atoms with E-state index in [-0.39, 0.29) is 5.92 Å². The van der Waals surface area contributed by atoms with Crippen LogP contribution in [0.4, 0.5) is 0 Å². The van der Waals surface area contributed by atoms with Crippen molar-refractivity contribution in [3.05, 3.63) is 50.5 Å². The minimum Gasteiger partial charge on any atom is -0.493 e. The number of nitrogens with zero attached hydrogens (tertiary/aromatic N) is 2. The van der Waals surface area contributed by atoms with Crippen molar-refractivity contribution >= 4 is 27.8 Å². The van der Waals surface area contributed by atoms with E-state index in [9.17, 15) is 19.5 Å². The van der Waals surface area contributed by atoms with Gasteiger partial charge in [0.25, 0.3) is 11.5 Å². The number of carboxylic acid groups (broad SMARTS) is 1. The van der Waals surface area contributed by atoms with Crippen LogP contribution in [-0.4, -0.2) is 38.2 Å². The average molecular weight is 450 g/mol. The maximum absolute atomic E-state index is 13.2. The van der Waals surface area contributed by atoms with Gasteiger partial charge in [-0.1, -0.05) is 41.3 Å². The maximum atomic E-state index is 13.2. The highest BCUT2D eigenvalue weighted by atomic mass is 79.9. The van der Waals surface area contributed by atoms with Gasteiger partial charge in [-0.15, -0.1) is 0 Å². The molecule has 3 N–H and O–H groups in total. The summed E-state index contributed by atoms with van der Waals surface area (Å²) in [4.78, 5) is 40.4. The number of amides is 1. The van der Waals surface area contributed by atoms with E-state index in [1.807, 2.05) is 6.07 Å². The Balaban J connectivity index is 2.17.